The van der Waals surface area contributed by atoms with E-state index in [2.05, 4.69) is 49.6 Å². The van der Waals surface area contributed by atoms with Crippen molar-refractivity contribution in [2.24, 2.45) is 0 Å². The number of rotatable bonds is 7. The average molecular weight is 559 g/mol. The maximum atomic E-state index is 13.3. The van der Waals surface area contributed by atoms with Gasteiger partial charge >= 0.3 is 0 Å². The van der Waals surface area contributed by atoms with Crippen molar-refractivity contribution in [1.82, 2.24) is 9.27 Å². The molecule has 5 rings (SSSR count). The highest BCUT2D eigenvalue weighted by Crippen LogP contribution is 2.47. The topological polar surface area (TPSA) is 95.3 Å². The number of benzene rings is 2. The summed E-state index contributed by atoms with van der Waals surface area (Å²) in [5.74, 6) is -0.0891. The van der Waals surface area contributed by atoms with E-state index < -0.39 is 8.32 Å². The second kappa shape index (κ2) is 10.3. The number of aromatic nitrogens is 1. The van der Waals surface area contributed by atoms with Crippen LogP contribution in [-0.4, -0.2) is 48.6 Å². The van der Waals surface area contributed by atoms with E-state index in [0.717, 1.165) is 29.7 Å². The molecule has 0 radical (unpaired) electrons. The maximum Gasteiger partial charge on any atom is 0.267 e. The molecule has 39 heavy (non-hydrogen) atoms. The summed E-state index contributed by atoms with van der Waals surface area (Å²) < 4.78 is 11.0. The minimum absolute atomic E-state index is 0.0276. The van der Waals surface area contributed by atoms with Crippen LogP contribution >= 0.6 is 11.5 Å². The lowest BCUT2D eigenvalue weighted by Gasteiger charge is -2.46. The Kier molecular flexibility index (Phi) is 7.22. The van der Waals surface area contributed by atoms with Crippen LogP contribution < -0.4 is 5.32 Å². The molecule has 9 heteroatoms. The quantitative estimate of drug-likeness (QED) is 0.327. The van der Waals surface area contributed by atoms with Crippen LogP contribution in [0.4, 0.5) is 5.69 Å². The van der Waals surface area contributed by atoms with Crippen molar-refractivity contribution >= 4 is 37.4 Å². The van der Waals surface area contributed by atoms with E-state index in [1.807, 2.05) is 30.3 Å². The molecule has 0 atom stereocenters. The molecule has 2 amide bonds. The molecule has 1 aliphatic carbocycles. The normalized spacial score (nSPS) is 15.9. The second-order valence-corrected chi connectivity index (χ2v) is 17.5. The summed E-state index contributed by atoms with van der Waals surface area (Å²) in [7, 11) is -1.91. The fourth-order valence-corrected chi connectivity index (χ4v) is 6.76. The zero-order valence-electron chi connectivity index (χ0n) is 23.1. The van der Waals surface area contributed by atoms with Crippen LogP contribution in [0, 0.1) is 11.3 Å². The average Bonchev–Trinajstić information content (AvgIpc) is 3.62. The van der Waals surface area contributed by atoms with Crippen molar-refractivity contribution in [1.29, 1.82) is 5.26 Å². The van der Waals surface area contributed by atoms with Gasteiger partial charge in [0.15, 0.2) is 8.32 Å². The van der Waals surface area contributed by atoms with Crippen LogP contribution in [0.3, 0.4) is 0 Å². The lowest BCUT2D eigenvalue weighted by atomic mass is 10.0. The third-order valence-electron chi connectivity index (χ3n) is 8.00. The first-order valence-electron chi connectivity index (χ1n) is 13.4. The third-order valence-corrected chi connectivity index (χ3v) is 13.4. The molecule has 0 bridgehead atoms. The highest BCUT2D eigenvalue weighted by Gasteiger charge is 2.43. The molecule has 2 aliphatic rings. The standard InChI is InChI=1S/C30H34N4O3SSi/c1-30(2,3)39(4,5)37-23-17-34(18-23)29(36)24-14-13-22(15-21(24)16-31)32-28(35)27-25(19-11-12-19)26(33-38-27)20-9-7-6-8-10-20/h6-10,13-15,19,23H,11-12,17-18H2,1-5H3,(H,32,35). The number of anilines is 1. The van der Waals surface area contributed by atoms with Gasteiger partial charge in [-0.1, -0.05) is 51.1 Å². The van der Waals surface area contributed by atoms with Gasteiger partial charge in [-0.2, -0.15) is 9.64 Å². The molecule has 3 aromatic rings. The van der Waals surface area contributed by atoms with Gasteiger partial charge < -0.3 is 14.6 Å². The minimum Gasteiger partial charge on any atom is -0.410 e. The Morgan fingerprint density at radius 3 is 2.44 bits per heavy atom. The fourth-order valence-electron chi connectivity index (χ4n) is 4.55. The van der Waals surface area contributed by atoms with E-state index in [1.165, 1.54) is 11.5 Å². The van der Waals surface area contributed by atoms with E-state index in [9.17, 15) is 14.9 Å². The van der Waals surface area contributed by atoms with Gasteiger partial charge in [0.25, 0.3) is 11.8 Å². The molecule has 1 aromatic heterocycles. The molecule has 2 fully saturated rings. The van der Waals surface area contributed by atoms with E-state index in [-0.39, 0.29) is 28.5 Å². The largest absolute Gasteiger partial charge is 0.410 e. The zero-order valence-corrected chi connectivity index (χ0v) is 24.9. The molecule has 1 aliphatic heterocycles. The van der Waals surface area contributed by atoms with E-state index >= 15 is 0 Å². The Morgan fingerprint density at radius 2 is 1.82 bits per heavy atom. The van der Waals surface area contributed by atoms with Crippen LogP contribution in [0.25, 0.3) is 11.3 Å². The molecule has 0 spiro atoms. The van der Waals surface area contributed by atoms with Crippen LogP contribution in [0.5, 0.6) is 0 Å². The Balaban J connectivity index is 1.28. The van der Waals surface area contributed by atoms with Crippen LogP contribution in [-0.2, 0) is 4.43 Å². The molecular weight excluding hydrogens is 525 g/mol. The SMILES string of the molecule is CC(C)(C)[Si](C)(C)OC1CN(C(=O)c2ccc(NC(=O)c3snc(-c4ccccc4)c3C3CC3)cc2C#N)C1. The van der Waals surface area contributed by atoms with Crippen molar-refractivity contribution in [3.8, 4) is 17.3 Å². The lowest BCUT2D eigenvalue weighted by Crippen LogP contribution is -2.59. The minimum atomic E-state index is -1.91. The summed E-state index contributed by atoms with van der Waals surface area (Å²) in [6.07, 6.45) is 2.12. The van der Waals surface area contributed by atoms with Crippen molar-refractivity contribution in [3.63, 3.8) is 0 Å². The summed E-state index contributed by atoms with van der Waals surface area (Å²) in [4.78, 5) is 28.8. The van der Waals surface area contributed by atoms with E-state index in [0.29, 0.717) is 35.1 Å². The maximum absolute atomic E-state index is 13.3. The van der Waals surface area contributed by atoms with E-state index in [1.54, 1.807) is 23.1 Å². The molecule has 202 valence electrons. The summed E-state index contributed by atoms with van der Waals surface area (Å²) in [6, 6.07) is 17.0. The Labute approximate surface area is 235 Å². The number of likely N-dealkylation sites (tertiary alicyclic amines) is 1. The Morgan fingerprint density at radius 1 is 1.13 bits per heavy atom. The van der Waals surface area contributed by atoms with Crippen molar-refractivity contribution < 1.29 is 14.0 Å². The number of carbonyl (C=O) groups excluding carboxylic acids is 2. The van der Waals surface area contributed by atoms with Gasteiger partial charge in [-0.3, -0.25) is 9.59 Å². The summed E-state index contributed by atoms with van der Waals surface area (Å²) in [6.45, 7) is 12.1. The van der Waals surface area contributed by atoms with Gasteiger partial charge in [-0.05, 0) is 66.6 Å². The number of nitrogens with zero attached hydrogens (tertiary/aromatic N) is 3. The van der Waals surface area contributed by atoms with E-state index in [4.69, 9.17) is 4.43 Å². The molecule has 7 nitrogen and oxygen atoms in total. The summed E-state index contributed by atoms with van der Waals surface area (Å²) in [5, 5.41) is 12.8. The predicted octanol–water partition coefficient (Wildman–Crippen LogP) is 6.66. The molecule has 1 N–H and O–H groups in total. The van der Waals surface area contributed by atoms with Crippen LogP contribution in [0.1, 0.15) is 70.7 Å². The number of nitrogens with one attached hydrogen (secondary N) is 1. The first-order chi connectivity index (χ1) is 18.5. The number of carbonyl (C=O) groups is 2. The summed E-state index contributed by atoms with van der Waals surface area (Å²) in [5.41, 5.74) is 3.94. The van der Waals surface area contributed by atoms with Crippen LogP contribution in [0.2, 0.25) is 18.1 Å². The molecule has 0 unspecified atom stereocenters. The Hall–Kier alpha value is -3.32. The monoisotopic (exact) mass is 558 g/mol. The zero-order chi connectivity index (χ0) is 27.9. The highest BCUT2D eigenvalue weighted by molar-refractivity contribution is 7.08. The van der Waals surface area contributed by atoms with Crippen molar-refractivity contribution in [3.05, 3.63) is 70.1 Å². The highest BCUT2D eigenvalue weighted by atomic mass is 32.1. The molecule has 2 heterocycles. The molecule has 1 saturated heterocycles. The van der Waals surface area contributed by atoms with Gasteiger partial charge in [0, 0.05) is 29.9 Å². The van der Waals surface area contributed by atoms with Gasteiger partial charge in [-0.25, -0.2) is 0 Å². The van der Waals surface area contributed by atoms with Gasteiger partial charge in [0.1, 0.15) is 10.9 Å². The van der Waals surface area contributed by atoms with Crippen molar-refractivity contribution in [2.75, 3.05) is 18.4 Å². The van der Waals surface area contributed by atoms with Gasteiger partial charge in [0.05, 0.1) is 22.9 Å². The first-order valence-corrected chi connectivity index (χ1v) is 17.0. The lowest BCUT2D eigenvalue weighted by molar-refractivity contribution is 0.0118. The smallest absolute Gasteiger partial charge is 0.267 e. The number of hydrogen-bond donors (Lipinski definition) is 1. The molecular formula is C30H34N4O3SSi. The Bertz CT molecular complexity index is 1450. The number of nitriles is 1. The van der Waals surface area contributed by atoms with Gasteiger partial charge in [-0.15, -0.1) is 0 Å². The number of amides is 2. The first kappa shape index (κ1) is 27.3. The van der Waals surface area contributed by atoms with Gasteiger partial charge in [0.2, 0.25) is 0 Å². The summed E-state index contributed by atoms with van der Waals surface area (Å²) >= 11 is 1.21. The third kappa shape index (κ3) is 5.55. The number of hydrogen-bond acceptors (Lipinski definition) is 6. The predicted molar refractivity (Wildman–Crippen MR) is 157 cm³/mol. The second-order valence-electron chi connectivity index (χ2n) is 12.0. The fraction of sp³-hybridized carbons (Fsp3) is 0.400. The molecule has 2 aromatic carbocycles. The van der Waals surface area contributed by atoms with Crippen molar-refractivity contribution in [2.45, 2.75) is 63.8 Å². The van der Waals surface area contributed by atoms with Crippen LogP contribution in [0.15, 0.2) is 48.5 Å². The molecule has 1 saturated carbocycles.